The minimum atomic E-state index is -3.59. The summed E-state index contributed by atoms with van der Waals surface area (Å²) in [5.74, 6) is -0.509. The fraction of sp³-hybridized carbons (Fsp3) is 0.533. The Balaban J connectivity index is 2.03. The molecule has 1 aliphatic carbocycles. The number of sulfonamides is 1. The van der Waals surface area contributed by atoms with Crippen molar-refractivity contribution in [3.05, 3.63) is 29.3 Å². The number of carbonyl (C=O) groups excluding carboxylic acids is 1. The second kappa shape index (κ2) is 7.44. The third kappa shape index (κ3) is 4.21. The number of methoxy groups -OCH3 is 1. The normalized spacial score (nSPS) is 22.3. The van der Waals surface area contributed by atoms with E-state index in [0.29, 0.717) is 5.02 Å². The number of hydrogen-bond acceptors (Lipinski definition) is 4. The zero-order chi connectivity index (χ0) is 16.2. The van der Waals surface area contributed by atoms with Crippen LogP contribution in [0.25, 0.3) is 0 Å². The molecule has 2 atom stereocenters. The molecule has 1 fully saturated rings. The highest BCUT2D eigenvalue weighted by atomic mass is 35.5. The summed E-state index contributed by atoms with van der Waals surface area (Å²) < 4.78 is 31.9. The first-order chi connectivity index (χ1) is 10.4. The maximum Gasteiger partial charge on any atom is 0.308 e. The molecule has 0 spiro atoms. The molecule has 0 amide bonds. The first-order valence-corrected chi connectivity index (χ1v) is 9.13. The van der Waals surface area contributed by atoms with E-state index in [-0.39, 0.29) is 29.2 Å². The number of carbonyl (C=O) groups is 1. The smallest absolute Gasteiger partial charge is 0.308 e. The van der Waals surface area contributed by atoms with Gasteiger partial charge in [-0.1, -0.05) is 24.4 Å². The first kappa shape index (κ1) is 17.2. The highest BCUT2D eigenvalue weighted by Gasteiger charge is 2.32. The van der Waals surface area contributed by atoms with Crippen LogP contribution in [0.5, 0.6) is 0 Å². The summed E-state index contributed by atoms with van der Waals surface area (Å²) in [6.45, 7) is 0.241. The molecular weight excluding hydrogens is 326 g/mol. The second-order valence-corrected chi connectivity index (χ2v) is 7.68. The van der Waals surface area contributed by atoms with Crippen molar-refractivity contribution in [3.63, 3.8) is 0 Å². The van der Waals surface area contributed by atoms with Gasteiger partial charge in [0.15, 0.2) is 0 Å². The Morgan fingerprint density at radius 3 is 2.55 bits per heavy atom. The topological polar surface area (TPSA) is 72.5 Å². The Kier molecular flexibility index (Phi) is 5.83. The van der Waals surface area contributed by atoms with E-state index in [0.717, 1.165) is 25.7 Å². The number of rotatable bonds is 5. The van der Waals surface area contributed by atoms with Crippen molar-refractivity contribution in [2.45, 2.75) is 30.6 Å². The molecule has 7 heteroatoms. The standard InChI is InChI=1S/C15H20ClNO4S/c1-21-15(18)14-5-3-2-4-11(14)10-17-22(19,20)13-8-6-12(16)7-9-13/h6-9,11,14,17H,2-5,10H2,1H3. The quantitative estimate of drug-likeness (QED) is 0.832. The molecule has 1 aromatic carbocycles. The number of esters is 1. The first-order valence-electron chi connectivity index (χ1n) is 7.27. The van der Waals surface area contributed by atoms with Gasteiger partial charge in [0.25, 0.3) is 0 Å². The van der Waals surface area contributed by atoms with Gasteiger partial charge in [0.1, 0.15) is 0 Å². The highest BCUT2D eigenvalue weighted by molar-refractivity contribution is 7.89. The van der Waals surface area contributed by atoms with Crippen molar-refractivity contribution in [3.8, 4) is 0 Å². The van der Waals surface area contributed by atoms with Gasteiger partial charge in [-0.3, -0.25) is 4.79 Å². The largest absolute Gasteiger partial charge is 0.469 e. The van der Waals surface area contributed by atoms with Gasteiger partial charge in [0.2, 0.25) is 10.0 Å². The van der Waals surface area contributed by atoms with Gasteiger partial charge >= 0.3 is 5.97 Å². The average Bonchev–Trinajstić information content (AvgIpc) is 2.53. The molecule has 2 rings (SSSR count). The van der Waals surface area contributed by atoms with Gasteiger partial charge in [-0.05, 0) is 43.0 Å². The number of nitrogens with one attached hydrogen (secondary N) is 1. The highest BCUT2D eigenvalue weighted by Crippen LogP contribution is 2.30. The van der Waals surface area contributed by atoms with E-state index in [1.165, 1.54) is 31.4 Å². The molecule has 0 aromatic heterocycles. The van der Waals surface area contributed by atoms with Crippen molar-refractivity contribution in [1.29, 1.82) is 0 Å². The molecule has 0 saturated heterocycles. The van der Waals surface area contributed by atoms with E-state index < -0.39 is 10.0 Å². The van der Waals surface area contributed by atoms with Crippen LogP contribution in [0.2, 0.25) is 5.02 Å². The molecule has 1 saturated carbocycles. The SMILES string of the molecule is COC(=O)C1CCCCC1CNS(=O)(=O)c1ccc(Cl)cc1. The number of benzene rings is 1. The lowest BCUT2D eigenvalue weighted by Gasteiger charge is -2.29. The average molecular weight is 346 g/mol. The molecule has 0 aliphatic heterocycles. The molecule has 22 heavy (non-hydrogen) atoms. The van der Waals surface area contributed by atoms with Crippen LogP contribution in [-0.4, -0.2) is 28.0 Å². The minimum Gasteiger partial charge on any atom is -0.469 e. The van der Waals surface area contributed by atoms with E-state index in [1.807, 2.05) is 0 Å². The van der Waals surface area contributed by atoms with Crippen LogP contribution in [0.15, 0.2) is 29.2 Å². The van der Waals surface area contributed by atoms with E-state index in [4.69, 9.17) is 16.3 Å². The number of hydrogen-bond donors (Lipinski definition) is 1. The van der Waals surface area contributed by atoms with Gasteiger partial charge in [0.05, 0.1) is 17.9 Å². The van der Waals surface area contributed by atoms with Gasteiger partial charge < -0.3 is 4.74 Å². The summed E-state index contributed by atoms with van der Waals surface area (Å²) >= 11 is 5.76. The van der Waals surface area contributed by atoms with Gasteiger partial charge in [-0.2, -0.15) is 0 Å². The Morgan fingerprint density at radius 1 is 1.27 bits per heavy atom. The Morgan fingerprint density at radius 2 is 1.91 bits per heavy atom. The van der Waals surface area contributed by atoms with Crippen molar-refractivity contribution in [2.24, 2.45) is 11.8 Å². The predicted molar refractivity (Wildman–Crippen MR) is 84.1 cm³/mol. The summed E-state index contributed by atoms with van der Waals surface area (Å²) in [5, 5.41) is 0.483. The molecule has 0 heterocycles. The third-order valence-corrected chi connectivity index (χ3v) is 5.76. The van der Waals surface area contributed by atoms with Gasteiger partial charge in [-0.15, -0.1) is 0 Å². The molecule has 1 N–H and O–H groups in total. The van der Waals surface area contributed by atoms with Crippen LogP contribution in [0.4, 0.5) is 0 Å². The third-order valence-electron chi connectivity index (χ3n) is 4.07. The molecule has 1 aliphatic rings. The van der Waals surface area contributed by atoms with E-state index >= 15 is 0 Å². The van der Waals surface area contributed by atoms with Crippen molar-refractivity contribution in [2.75, 3.05) is 13.7 Å². The monoisotopic (exact) mass is 345 g/mol. The molecule has 1 aromatic rings. The van der Waals surface area contributed by atoms with E-state index in [2.05, 4.69) is 4.72 Å². The Hall–Kier alpha value is -1.11. The maximum absolute atomic E-state index is 12.3. The summed E-state index contributed by atoms with van der Waals surface area (Å²) in [7, 11) is -2.23. The van der Waals surface area contributed by atoms with Crippen LogP contribution in [0.3, 0.4) is 0 Å². The van der Waals surface area contributed by atoms with Gasteiger partial charge in [-0.25, -0.2) is 13.1 Å². The Bertz CT molecular complexity index is 615. The predicted octanol–water partition coefficient (Wildman–Crippen LogP) is 2.60. The lowest BCUT2D eigenvalue weighted by atomic mass is 9.79. The zero-order valence-corrected chi connectivity index (χ0v) is 14.0. The number of halogens is 1. The molecule has 0 bridgehead atoms. The fourth-order valence-electron chi connectivity index (χ4n) is 2.83. The zero-order valence-electron chi connectivity index (χ0n) is 12.4. The summed E-state index contributed by atoms with van der Waals surface area (Å²) in [5.41, 5.74) is 0. The molecule has 2 unspecified atom stereocenters. The van der Waals surface area contributed by atoms with E-state index in [1.54, 1.807) is 0 Å². The van der Waals surface area contributed by atoms with Crippen molar-refractivity contribution < 1.29 is 17.9 Å². The van der Waals surface area contributed by atoms with Crippen LogP contribution in [-0.2, 0) is 19.6 Å². The molecule has 5 nitrogen and oxygen atoms in total. The molecule has 0 radical (unpaired) electrons. The Labute approximate surface area is 136 Å². The number of ether oxygens (including phenoxy) is 1. The molecule has 122 valence electrons. The maximum atomic E-state index is 12.3. The lowest BCUT2D eigenvalue weighted by molar-refractivity contribution is -0.148. The summed E-state index contributed by atoms with van der Waals surface area (Å²) in [6, 6.07) is 5.99. The summed E-state index contributed by atoms with van der Waals surface area (Å²) in [4.78, 5) is 12.0. The minimum absolute atomic E-state index is 0.0247. The van der Waals surface area contributed by atoms with Crippen LogP contribution in [0, 0.1) is 11.8 Å². The van der Waals surface area contributed by atoms with Crippen LogP contribution >= 0.6 is 11.6 Å². The lowest BCUT2D eigenvalue weighted by Crippen LogP contribution is -2.37. The second-order valence-electron chi connectivity index (χ2n) is 5.48. The van der Waals surface area contributed by atoms with Crippen molar-refractivity contribution >= 4 is 27.6 Å². The summed E-state index contributed by atoms with van der Waals surface area (Å²) in [6.07, 6.45) is 3.55. The van der Waals surface area contributed by atoms with Gasteiger partial charge in [0, 0.05) is 11.6 Å². The van der Waals surface area contributed by atoms with Crippen LogP contribution in [0.1, 0.15) is 25.7 Å². The van der Waals surface area contributed by atoms with E-state index in [9.17, 15) is 13.2 Å². The van der Waals surface area contributed by atoms with Crippen LogP contribution < -0.4 is 4.72 Å². The van der Waals surface area contributed by atoms with Crippen molar-refractivity contribution in [1.82, 2.24) is 4.72 Å². The fourth-order valence-corrected chi connectivity index (χ4v) is 4.05. The molecular formula is C15H20ClNO4S.